The Morgan fingerprint density at radius 3 is 2.89 bits per heavy atom. The third kappa shape index (κ3) is 4.73. The van der Waals surface area contributed by atoms with Gasteiger partial charge in [-0.1, -0.05) is 26.7 Å². The summed E-state index contributed by atoms with van der Waals surface area (Å²) in [5, 5.41) is 3.58. The van der Waals surface area contributed by atoms with E-state index in [4.69, 9.17) is 9.47 Å². The molecule has 0 aromatic carbocycles. The number of ether oxygens (including phenoxy) is 2. The molecule has 3 heteroatoms. The SMILES string of the molecule is CCCNCC1(OCC2CCCO2)CCCC(C)C1. The lowest BCUT2D eigenvalue weighted by atomic mass is 9.78. The van der Waals surface area contributed by atoms with Crippen molar-refractivity contribution in [3.05, 3.63) is 0 Å². The molecule has 1 N–H and O–H groups in total. The molecule has 3 nitrogen and oxygen atoms in total. The second kappa shape index (κ2) is 7.61. The van der Waals surface area contributed by atoms with Crippen LogP contribution in [0.15, 0.2) is 0 Å². The maximum atomic E-state index is 6.38. The molecule has 1 aliphatic heterocycles. The van der Waals surface area contributed by atoms with Gasteiger partial charge in [0.15, 0.2) is 0 Å². The van der Waals surface area contributed by atoms with E-state index in [2.05, 4.69) is 19.2 Å². The molecule has 3 atom stereocenters. The Hall–Kier alpha value is -0.120. The van der Waals surface area contributed by atoms with Crippen molar-refractivity contribution in [1.82, 2.24) is 5.32 Å². The smallest absolute Gasteiger partial charge is 0.0810 e. The monoisotopic (exact) mass is 269 g/mol. The zero-order valence-corrected chi connectivity index (χ0v) is 12.7. The van der Waals surface area contributed by atoms with E-state index in [1.165, 1.54) is 44.9 Å². The summed E-state index contributed by atoms with van der Waals surface area (Å²) < 4.78 is 12.1. The third-order valence-electron chi connectivity index (χ3n) is 4.52. The maximum absolute atomic E-state index is 6.38. The van der Waals surface area contributed by atoms with Crippen LogP contribution in [0.25, 0.3) is 0 Å². The highest BCUT2D eigenvalue weighted by Gasteiger charge is 2.36. The quantitative estimate of drug-likeness (QED) is 0.720. The predicted molar refractivity (Wildman–Crippen MR) is 78.4 cm³/mol. The molecule has 2 fully saturated rings. The van der Waals surface area contributed by atoms with Crippen LogP contribution in [0.3, 0.4) is 0 Å². The first-order chi connectivity index (χ1) is 9.24. The first-order valence-electron chi connectivity index (χ1n) is 8.20. The second-order valence-corrected chi connectivity index (χ2v) is 6.51. The molecule has 1 saturated carbocycles. The van der Waals surface area contributed by atoms with Crippen LogP contribution in [0, 0.1) is 5.92 Å². The molecule has 2 aliphatic rings. The lowest BCUT2D eigenvalue weighted by Gasteiger charge is -2.40. The highest BCUT2D eigenvalue weighted by Crippen LogP contribution is 2.35. The molecule has 0 bridgehead atoms. The lowest BCUT2D eigenvalue weighted by Crippen LogP contribution is -2.47. The van der Waals surface area contributed by atoms with E-state index in [0.29, 0.717) is 6.10 Å². The fourth-order valence-corrected chi connectivity index (χ4v) is 3.49. The average molecular weight is 269 g/mol. The molecular formula is C16H31NO2. The molecule has 1 aliphatic carbocycles. The van der Waals surface area contributed by atoms with Gasteiger partial charge in [-0.15, -0.1) is 0 Å². The van der Waals surface area contributed by atoms with Crippen LogP contribution >= 0.6 is 0 Å². The van der Waals surface area contributed by atoms with E-state index in [1.807, 2.05) is 0 Å². The van der Waals surface area contributed by atoms with Crippen LogP contribution in [0.5, 0.6) is 0 Å². The summed E-state index contributed by atoms with van der Waals surface area (Å²) in [6, 6.07) is 0. The van der Waals surface area contributed by atoms with Gasteiger partial charge in [-0.3, -0.25) is 0 Å². The van der Waals surface area contributed by atoms with E-state index < -0.39 is 0 Å². The summed E-state index contributed by atoms with van der Waals surface area (Å²) >= 11 is 0. The minimum absolute atomic E-state index is 0.0682. The number of rotatable bonds is 7. The first-order valence-corrected chi connectivity index (χ1v) is 8.20. The topological polar surface area (TPSA) is 30.5 Å². The number of nitrogens with one attached hydrogen (secondary N) is 1. The largest absolute Gasteiger partial charge is 0.376 e. The van der Waals surface area contributed by atoms with Crippen molar-refractivity contribution >= 4 is 0 Å². The first kappa shape index (κ1) is 15.3. The molecule has 1 heterocycles. The van der Waals surface area contributed by atoms with Gasteiger partial charge in [-0.25, -0.2) is 0 Å². The predicted octanol–water partition coefficient (Wildman–Crippen LogP) is 3.13. The Balaban J connectivity index is 1.84. The van der Waals surface area contributed by atoms with Crippen LogP contribution < -0.4 is 5.32 Å². The van der Waals surface area contributed by atoms with Gasteiger partial charge in [0.25, 0.3) is 0 Å². The standard InChI is InChI=1S/C16H31NO2/c1-3-9-17-13-16(8-4-6-14(2)11-16)19-12-15-7-5-10-18-15/h14-15,17H,3-13H2,1-2H3. The van der Waals surface area contributed by atoms with Gasteiger partial charge in [0.2, 0.25) is 0 Å². The molecular weight excluding hydrogens is 238 g/mol. The molecule has 0 spiro atoms. The van der Waals surface area contributed by atoms with Crippen LogP contribution in [0.2, 0.25) is 0 Å². The van der Waals surface area contributed by atoms with Crippen molar-refractivity contribution in [2.24, 2.45) is 5.92 Å². The zero-order valence-electron chi connectivity index (χ0n) is 12.7. The minimum Gasteiger partial charge on any atom is -0.376 e. The molecule has 1 saturated heterocycles. The summed E-state index contributed by atoms with van der Waals surface area (Å²) in [6.07, 6.45) is 8.99. The molecule has 0 aromatic heterocycles. The Bertz CT molecular complexity index is 253. The van der Waals surface area contributed by atoms with Gasteiger partial charge in [0.1, 0.15) is 0 Å². The normalized spacial score (nSPS) is 35.7. The van der Waals surface area contributed by atoms with E-state index in [9.17, 15) is 0 Å². The van der Waals surface area contributed by atoms with Crippen molar-refractivity contribution < 1.29 is 9.47 Å². The minimum atomic E-state index is 0.0682. The molecule has 112 valence electrons. The fourth-order valence-electron chi connectivity index (χ4n) is 3.49. The molecule has 0 radical (unpaired) electrons. The van der Waals surface area contributed by atoms with Gasteiger partial charge in [-0.05, 0) is 44.6 Å². The van der Waals surface area contributed by atoms with Gasteiger partial charge >= 0.3 is 0 Å². The molecule has 0 amide bonds. The molecule has 0 aromatic rings. The van der Waals surface area contributed by atoms with Gasteiger partial charge in [-0.2, -0.15) is 0 Å². The third-order valence-corrected chi connectivity index (χ3v) is 4.52. The van der Waals surface area contributed by atoms with E-state index in [1.54, 1.807) is 0 Å². The van der Waals surface area contributed by atoms with E-state index in [-0.39, 0.29) is 5.60 Å². The molecule has 19 heavy (non-hydrogen) atoms. The second-order valence-electron chi connectivity index (χ2n) is 6.51. The molecule has 3 unspecified atom stereocenters. The van der Waals surface area contributed by atoms with E-state index >= 15 is 0 Å². The van der Waals surface area contributed by atoms with Crippen molar-refractivity contribution in [3.63, 3.8) is 0 Å². The Labute approximate surface area is 118 Å². The van der Waals surface area contributed by atoms with Crippen LogP contribution in [-0.4, -0.2) is 38.0 Å². The van der Waals surface area contributed by atoms with E-state index in [0.717, 1.165) is 32.2 Å². The van der Waals surface area contributed by atoms with Crippen molar-refractivity contribution in [2.75, 3.05) is 26.3 Å². The Kier molecular flexibility index (Phi) is 6.11. The fraction of sp³-hybridized carbons (Fsp3) is 1.00. The summed E-state index contributed by atoms with van der Waals surface area (Å²) in [6.45, 7) is 8.41. The zero-order chi connectivity index (χ0) is 13.6. The summed E-state index contributed by atoms with van der Waals surface area (Å²) in [4.78, 5) is 0. The summed E-state index contributed by atoms with van der Waals surface area (Å²) in [7, 11) is 0. The van der Waals surface area contributed by atoms with Crippen LogP contribution in [0.1, 0.15) is 58.8 Å². The van der Waals surface area contributed by atoms with Crippen molar-refractivity contribution in [3.8, 4) is 0 Å². The van der Waals surface area contributed by atoms with Gasteiger partial charge < -0.3 is 14.8 Å². The number of hydrogen-bond donors (Lipinski definition) is 1. The summed E-state index contributed by atoms with van der Waals surface area (Å²) in [5.74, 6) is 0.793. The van der Waals surface area contributed by atoms with Gasteiger partial charge in [0.05, 0.1) is 18.3 Å². The molecule has 2 rings (SSSR count). The van der Waals surface area contributed by atoms with Crippen LogP contribution in [0.4, 0.5) is 0 Å². The Morgan fingerprint density at radius 2 is 2.21 bits per heavy atom. The Morgan fingerprint density at radius 1 is 1.32 bits per heavy atom. The van der Waals surface area contributed by atoms with Crippen molar-refractivity contribution in [1.29, 1.82) is 0 Å². The van der Waals surface area contributed by atoms with Crippen molar-refractivity contribution in [2.45, 2.75) is 70.5 Å². The summed E-state index contributed by atoms with van der Waals surface area (Å²) in [5.41, 5.74) is 0.0682. The highest BCUT2D eigenvalue weighted by atomic mass is 16.5. The average Bonchev–Trinajstić information content (AvgIpc) is 2.90. The highest BCUT2D eigenvalue weighted by molar-refractivity contribution is 4.89. The maximum Gasteiger partial charge on any atom is 0.0810 e. The van der Waals surface area contributed by atoms with Gasteiger partial charge in [0, 0.05) is 13.2 Å². The van der Waals surface area contributed by atoms with Crippen LogP contribution in [-0.2, 0) is 9.47 Å². The number of hydrogen-bond acceptors (Lipinski definition) is 3. The lowest BCUT2D eigenvalue weighted by molar-refractivity contribution is -0.108.